The predicted octanol–water partition coefficient (Wildman–Crippen LogP) is 1.30. The molecule has 6 heteroatoms. The van der Waals surface area contributed by atoms with Crippen LogP contribution in [-0.4, -0.2) is 28.5 Å². The van der Waals surface area contributed by atoms with E-state index in [0.29, 0.717) is 5.82 Å². The molecule has 90 valence electrons. The summed E-state index contributed by atoms with van der Waals surface area (Å²) >= 11 is 1.86. The lowest BCUT2D eigenvalue weighted by atomic mass is 10.2. The van der Waals surface area contributed by atoms with E-state index < -0.39 is 0 Å². The highest BCUT2D eigenvalue weighted by molar-refractivity contribution is 7.98. The average molecular weight is 242 g/mol. The van der Waals surface area contributed by atoms with Crippen molar-refractivity contribution in [2.75, 3.05) is 29.6 Å². The summed E-state index contributed by atoms with van der Waals surface area (Å²) in [6.45, 7) is 0.801. The zero-order valence-corrected chi connectivity index (χ0v) is 10.3. The molecule has 0 aliphatic heterocycles. The Morgan fingerprint density at radius 1 is 1.50 bits per heavy atom. The van der Waals surface area contributed by atoms with Gasteiger partial charge in [0.25, 0.3) is 5.56 Å². The number of nitrogens with two attached hydrogens (primary N) is 1. The number of aromatic nitrogens is 2. The van der Waals surface area contributed by atoms with Gasteiger partial charge in [-0.15, -0.1) is 0 Å². The van der Waals surface area contributed by atoms with Crippen LogP contribution in [-0.2, 0) is 0 Å². The minimum absolute atomic E-state index is 0.159. The van der Waals surface area contributed by atoms with Crippen LogP contribution in [0.2, 0.25) is 0 Å². The van der Waals surface area contributed by atoms with Crippen molar-refractivity contribution in [1.29, 1.82) is 0 Å². The van der Waals surface area contributed by atoms with E-state index in [2.05, 4.69) is 21.5 Å². The predicted molar refractivity (Wildman–Crippen MR) is 70.0 cm³/mol. The SMILES string of the molecule is CSCCCCCNc1nc[nH]c(=O)c1N. The molecule has 0 fully saturated rings. The zero-order valence-electron chi connectivity index (χ0n) is 9.45. The highest BCUT2D eigenvalue weighted by atomic mass is 32.2. The number of nitrogen functional groups attached to an aromatic ring is 1. The quantitative estimate of drug-likeness (QED) is 0.628. The van der Waals surface area contributed by atoms with Gasteiger partial charge >= 0.3 is 0 Å². The van der Waals surface area contributed by atoms with Crippen molar-refractivity contribution in [2.24, 2.45) is 0 Å². The summed E-state index contributed by atoms with van der Waals surface area (Å²) < 4.78 is 0. The van der Waals surface area contributed by atoms with Crippen molar-refractivity contribution in [2.45, 2.75) is 19.3 Å². The third kappa shape index (κ3) is 4.14. The molecule has 0 radical (unpaired) electrons. The number of hydrogen-bond acceptors (Lipinski definition) is 5. The van der Waals surface area contributed by atoms with Gasteiger partial charge in [-0.1, -0.05) is 6.42 Å². The maximum absolute atomic E-state index is 11.2. The Hall–Kier alpha value is -1.17. The number of anilines is 2. The van der Waals surface area contributed by atoms with Crippen molar-refractivity contribution in [3.8, 4) is 0 Å². The van der Waals surface area contributed by atoms with Crippen molar-refractivity contribution in [3.63, 3.8) is 0 Å². The first-order valence-electron chi connectivity index (χ1n) is 5.31. The number of thioether (sulfide) groups is 1. The lowest BCUT2D eigenvalue weighted by Gasteiger charge is -2.06. The Kier molecular flexibility index (Phi) is 5.77. The molecule has 0 aliphatic carbocycles. The van der Waals surface area contributed by atoms with Gasteiger partial charge in [-0.3, -0.25) is 4.79 Å². The second-order valence-electron chi connectivity index (χ2n) is 3.47. The second kappa shape index (κ2) is 7.16. The van der Waals surface area contributed by atoms with E-state index in [-0.39, 0.29) is 11.2 Å². The van der Waals surface area contributed by atoms with Gasteiger partial charge in [-0.2, -0.15) is 11.8 Å². The Labute approximate surface area is 99.2 Å². The van der Waals surface area contributed by atoms with Gasteiger partial charge in [0.15, 0.2) is 5.82 Å². The molecule has 1 aromatic heterocycles. The molecule has 0 atom stereocenters. The summed E-state index contributed by atoms with van der Waals surface area (Å²) in [7, 11) is 0. The maximum Gasteiger partial charge on any atom is 0.276 e. The Balaban J connectivity index is 2.27. The molecule has 0 spiro atoms. The normalized spacial score (nSPS) is 10.3. The van der Waals surface area contributed by atoms with Crippen LogP contribution < -0.4 is 16.6 Å². The van der Waals surface area contributed by atoms with Crippen LogP contribution in [0.3, 0.4) is 0 Å². The first kappa shape index (κ1) is 12.9. The number of aromatic amines is 1. The molecule has 0 unspecified atom stereocenters. The lowest BCUT2D eigenvalue weighted by molar-refractivity contribution is 0.748. The van der Waals surface area contributed by atoms with Crippen molar-refractivity contribution < 1.29 is 0 Å². The fourth-order valence-electron chi connectivity index (χ4n) is 1.31. The Morgan fingerprint density at radius 3 is 3.06 bits per heavy atom. The van der Waals surface area contributed by atoms with E-state index in [1.165, 1.54) is 24.9 Å². The smallest absolute Gasteiger partial charge is 0.276 e. The number of rotatable bonds is 7. The minimum Gasteiger partial charge on any atom is -0.391 e. The van der Waals surface area contributed by atoms with Crippen LogP contribution in [0.5, 0.6) is 0 Å². The van der Waals surface area contributed by atoms with Crippen LogP contribution >= 0.6 is 11.8 Å². The van der Waals surface area contributed by atoms with E-state index in [9.17, 15) is 4.79 Å². The summed E-state index contributed by atoms with van der Waals surface area (Å²) in [4.78, 5) is 17.6. The first-order valence-corrected chi connectivity index (χ1v) is 6.71. The molecule has 1 aromatic rings. The van der Waals surface area contributed by atoms with Crippen molar-refractivity contribution >= 4 is 23.3 Å². The van der Waals surface area contributed by atoms with Gasteiger partial charge < -0.3 is 16.0 Å². The standard InChI is InChI=1S/C10H18N4OS/c1-16-6-4-2-3-5-12-9-8(11)10(15)14-7-13-9/h7H,2-6,11H2,1H3,(H2,12,13,14,15). The fourth-order valence-corrected chi connectivity index (χ4v) is 1.80. The second-order valence-corrected chi connectivity index (χ2v) is 4.46. The molecule has 0 saturated heterocycles. The summed E-state index contributed by atoms with van der Waals surface area (Å²) in [6, 6.07) is 0. The molecule has 5 nitrogen and oxygen atoms in total. The van der Waals surface area contributed by atoms with Gasteiger partial charge in [0.1, 0.15) is 5.69 Å². The first-order chi connectivity index (χ1) is 7.75. The van der Waals surface area contributed by atoms with Crippen LogP contribution in [0.25, 0.3) is 0 Å². The van der Waals surface area contributed by atoms with E-state index >= 15 is 0 Å². The molecule has 0 bridgehead atoms. The van der Waals surface area contributed by atoms with Gasteiger partial charge in [-0.25, -0.2) is 4.98 Å². The summed E-state index contributed by atoms with van der Waals surface area (Å²) in [5.74, 6) is 1.68. The monoisotopic (exact) mass is 242 g/mol. The fraction of sp³-hybridized carbons (Fsp3) is 0.600. The van der Waals surface area contributed by atoms with Crippen LogP contribution in [0.4, 0.5) is 11.5 Å². The number of hydrogen-bond donors (Lipinski definition) is 3. The van der Waals surface area contributed by atoms with Crippen LogP contribution in [0.15, 0.2) is 11.1 Å². The minimum atomic E-state index is -0.292. The van der Waals surface area contributed by atoms with E-state index in [1.54, 1.807) is 0 Å². The summed E-state index contributed by atoms with van der Waals surface area (Å²) in [5.41, 5.74) is 5.44. The van der Waals surface area contributed by atoms with Crippen molar-refractivity contribution in [3.05, 3.63) is 16.7 Å². The summed E-state index contributed by atoms with van der Waals surface area (Å²) in [5, 5.41) is 3.07. The average Bonchev–Trinajstić information content (AvgIpc) is 2.29. The molecule has 1 rings (SSSR count). The molecular weight excluding hydrogens is 224 g/mol. The molecule has 0 amide bonds. The highest BCUT2D eigenvalue weighted by Crippen LogP contribution is 2.08. The number of nitrogens with zero attached hydrogens (tertiary/aromatic N) is 1. The zero-order chi connectivity index (χ0) is 11.8. The molecule has 16 heavy (non-hydrogen) atoms. The van der Waals surface area contributed by atoms with E-state index in [0.717, 1.165) is 13.0 Å². The molecular formula is C10H18N4OS. The van der Waals surface area contributed by atoms with Gasteiger partial charge in [-0.05, 0) is 24.9 Å². The van der Waals surface area contributed by atoms with Crippen LogP contribution in [0.1, 0.15) is 19.3 Å². The number of unbranched alkanes of at least 4 members (excludes halogenated alkanes) is 2. The van der Waals surface area contributed by atoms with Gasteiger partial charge in [0, 0.05) is 6.54 Å². The molecule has 0 aliphatic rings. The van der Waals surface area contributed by atoms with E-state index in [1.807, 2.05) is 11.8 Å². The largest absolute Gasteiger partial charge is 0.391 e. The van der Waals surface area contributed by atoms with Gasteiger partial charge in [0.2, 0.25) is 0 Å². The molecule has 1 heterocycles. The number of nitrogens with one attached hydrogen (secondary N) is 2. The van der Waals surface area contributed by atoms with Crippen LogP contribution in [0, 0.1) is 0 Å². The number of H-pyrrole nitrogens is 1. The van der Waals surface area contributed by atoms with Crippen molar-refractivity contribution in [1.82, 2.24) is 9.97 Å². The molecule has 0 saturated carbocycles. The topological polar surface area (TPSA) is 83.8 Å². The lowest BCUT2D eigenvalue weighted by Crippen LogP contribution is -2.16. The van der Waals surface area contributed by atoms with Gasteiger partial charge in [0.05, 0.1) is 6.33 Å². The summed E-state index contributed by atoms with van der Waals surface area (Å²) in [6.07, 6.45) is 6.93. The van der Waals surface area contributed by atoms with E-state index in [4.69, 9.17) is 5.73 Å². The molecule has 0 aromatic carbocycles. The Bertz CT molecular complexity index is 366. The third-order valence-corrected chi connectivity index (χ3v) is 2.90. The highest BCUT2D eigenvalue weighted by Gasteiger charge is 2.02. The maximum atomic E-state index is 11.2. The third-order valence-electron chi connectivity index (χ3n) is 2.21. The Morgan fingerprint density at radius 2 is 2.31 bits per heavy atom. The molecule has 4 N–H and O–H groups in total.